The molecule has 0 radical (unpaired) electrons. The van der Waals surface area contributed by atoms with Gasteiger partial charge in [0.25, 0.3) is 5.91 Å². The van der Waals surface area contributed by atoms with Crippen LogP contribution in [-0.4, -0.2) is 20.8 Å². The maximum absolute atomic E-state index is 12.3. The zero-order valence-corrected chi connectivity index (χ0v) is 16.4. The Balaban J connectivity index is 1.84. The first-order valence-electron chi connectivity index (χ1n) is 8.68. The van der Waals surface area contributed by atoms with Crippen LogP contribution in [-0.2, 0) is 5.41 Å². The molecule has 0 aliphatic rings. The summed E-state index contributed by atoms with van der Waals surface area (Å²) >= 11 is 5.34. The molecule has 0 spiro atoms. The average Bonchev–Trinajstić information content (AvgIpc) is 3.07. The third-order valence-corrected chi connectivity index (χ3v) is 4.19. The summed E-state index contributed by atoms with van der Waals surface area (Å²) in [6, 6.07) is 20.7. The van der Waals surface area contributed by atoms with Crippen LogP contribution in [0.3, 0.4) is 0 Å². The lowest BCUT2D eigenvalue weighted by molar-refractivity contribution is 0.0977. The minimum atomic E-state index is -0.255. The number of aromatic nitrogens is 2. The highest BCUT2D eigenvalue weighted by molar-refractivity contribution is 7.80. The molecule has 0 fully saturated rings. The summed E-state index contributed by atoms with van der Waals surface area (Å²) in [5, 5.41) is 10.8. The number of carbonyl (C=O) groups excluding carboxylic acids is 1. The minimum Gasteiger partial charge on any atom is -0.317 e. The van der Waals surface area contributed by atoms with Crippen molar-refractivity contribution in [2.75, 3.05) is 5.32 Å². The number of anilines is 1. The normalized spacial score (nSPS) is 11.1. The van der Waals surface area contributed by atoms with E-state index in [0.717, 1.165) is 11.4 Å². The molecule has 3 rings (SSSR count). The number of para-hydroxylation sites is 1. The summed E-state index contributed by atoms with van der Waals surface area (Å²) in [6.07, 6.45) is 0. The topological polar surface area (TPSA) is 58.9 Å². The fourth-order valence-corrected chi connectivity index (χ4v) is 2.71. The summed E-state index contributed by atoms with van der Waals surface area (Å²) in [4.78, 5) is 12.3. The van der Waals surface area contributed by atoms with Crippen LogP contribution >= 0.6 is 12.2 Å². The van der Waals surface area contributed by atoms with E-state index in [1.165, 1.54) is 0 Å². The van der Waals surface area contributed by atoms with Gasteiger partial charge in [-0.05, 0) is 36.5 Å². The lowest BCUT2D eigenvalue weighted by Gasteiger charge is -2.14. The number of benzene rings is 2. The zero-order valence-electron chi connectivity index (χ0n) is 15.6. The van der Waals surface area contributed by atoms with E-state index < -0.39 is 0 Å². The number of rotatable bonds is 3. The van der Waals surface area contributed by atoms with Gasteiger partial charge in [0.2, 0.25) is 0 Å². The van der Waals surface area contributed by atoms with Crippen molar-refractivity contribution in [2.24, 2.45) is 0 Å². The summed E-state index contributed by atoms with van der Waals surface area (Å²) in [6.45, 7) is 6.30. The van der Waals surface area contributed by atoms with E-state index in [9.17, 15) is 4.79 Å². The van der Waals surface area contributed by atoms with Crippen LogP contribution in [0.25, 0.3) is 5.69 Å². The van der Waals surface area contributed by atoms with E-state index in [-0.39, 0.29) is 16.4 Å². The van der Waals surface area contributed by atoms with Crippen molar-refractivity contribution in [2.45, 2.75) is 26.2 Å². The molecular weight excluding hydrogens is 356 g/mol. The number of hydrogen-bond acceptors (Lipinski definition) is 3. The number of amides is 1. The van der Waals surface area contributed by atoms with Gasteiger partial charge in [-0.15, -0.1) is 0 Å². The largest absolute Gasteiger partial charge is 0.317 e. The van der Waals surface area contributed by atoms with E-state index in [0.29, 0.717) is 11.4 Å². The SMILES string of the molecule is CC(C)(C)c1cc(NC(=S)NC(=O)c2ccccc2)n(-c2ccccc2)n1. The Kier molecular flexibility index (Phi) is 5.37. The fourth-order valence-electron chi connectivity index (χ4n) is 2.52. The first-order chi connectivity index (χ1) is 12.8. The van der Waals surface area contributed by atoms with Crippen LogP contribution in [0.2, 0.25) is 0 Å². The van der Waals surface area contributed by atoms with Gasteiger partial charge in [-0.1, -0.05) is 57.2 Å². The van der Waals surface area contributed by atoms with Gasteiger partial charge < -0.3 is 5.32 Å². The number of hydrogen-bond donors (Lipinski definition) is 2. The molecule has 3 aromatic rings. The molecule has 6 heteroatoms. The molecule has 0 aliphatic heterocycles. The highest BCUT2D eigenvalue weighted by atomic mass is 32.1. The van der Waals surface area contributed by atoms with Gasteiger partial charge in [0.1, 0.15) is 5.82 Å². The lowest BCUT2D eigenvalue weighted by atomic mass is 9.92. The van der Waals surface area contributed by atoms with E-state index in [2.05, 4.69) is 31.4 Å². The van der Waals surface area contributed by atoms with E-state index in [1.54, 1.807) is 16.8 Å². The Labute approximate surface area is 164 Å². The molecule has 0 saturated carbocycles. The Morgan fingerprint density at radius 3 is 2.19 bits per heavy atom. The molecule has 1 aromatic heterocycles. The van der Waals surface area contributed by atoms with Crippen molar-refractivity contribution in [1.82, 2.24) is 15.1 Å². The molecule has 0 saturated heterocycles. The third-order valence-electron chi connectivity index (χ3n) is 3.98. The number of thiocarbonyl (C=S) groups is 1. The van der Waals surface area contributed by atoms with Crippen LogP contribution in [0.5, 0.6) is 0 Å². The molecule has 27 heavy (non-hydrogen) atoms. The van der Waals surface area contributed by atoms with Crippen molar-refractivity contribution >= 4 is 29.1 Å². The van der Waals surface area contributed by atoms with Gasteiger partial charge in [-0.25, -0.2) is 4.68 Å². The lowest BCUT2D eigenvalue weighted by Crippen LogP contribution is -2.34. The number of carbonyl (C=O) groups is 1. The Morgan fingerprint density at radius 1 is 1.00 bits per heavy atom. The second-order valence-electron chi connectivity index (χ2n) is 7.19. The summed E-state index contributed by atoms with van der Waals surface area (Å²) in [5.41, 5.74) is 2.26. The first kappa shape index (κ1) is 18.8. The zero-order chi connectivity index (χ0) is 19.4. The standard InChI is InChI=1S/C21H22N4OS/c1-21(2,3)17-14-18(25(24-17)16-12-8-5-9-13-16)22-20(27)23-19(26)15-10-6-4-7-11-15/h4-14H,1-3H3,(H2,22,23,26,27). The van der Waals surface area contributed by atoms with Gasteiger partial charge in [-0.3, -0.25) is 10.1 Å². The fraction of sp³-hybridized carbons (Fsp3) is 0.190. The molecule has 2 aromatic carbocycles. The predicted octanol–water partition coefficient (Wildman–Crippen LogP) is 4.30. The van der Waals surface area contributed by atoms with Gasteiger partial charge >= 0.3 is 0 Å². The highest BCUT2D eigenvalue weighted by Crippen LogP contribution is 2.26. The van der Waals surface area contributed by atoms with Crippen LogP contribution in [0.4, 0.5) is 5.82 Å². The summed E-state index contributed by atoms with van der Waals surface area (Å²) in [7, 11) is 0. The summed E-state index contributed by atoms with van der Waals surface area (Å²) in [5.74, 6) is 0.444. The Bertz CT molecular complexity index is 943. The Morgan fingerprint density at radius 2 is 1.59 bits per heavy atom. The van der Waals surface area contributed by atoms with Crippen molar-refractivity contribution < 1.29 is 4.79 Å². The van der Waals surface area contributed by atoms with E-state index in [1.807, 2.05) is 54.6 Å². The molecule has 5 nitrogen and oxygen atoms in total. The van der Waals surface area contributed by atoms with Crippen molar-refractivity contribution in [3.63, 3.8) is 0 Å². The van der Waals surface area contributed by atoms with Gasteiger partial charge in [-0.2, -0.15) is 5.10 Å². The molecule has 138 valence electrons. The number of nitrogens with one attached hydrogen (secondary N) is 2. The molecule has 0 atom stereocenters. The monoisotopic (exact) mass is 378 g/mol. The molecule has 0 unspecified atom stereocenters. The first-order valence-corrected chi connectivity index (χ1v) is 9.09. The third kappa shape index (κ3) is 4.60. The van der Waals surface area contributed by atoms with Crippen molar-refractivity contribution in [3.8, 4) is 5.69 Å². The molecule has 0 aliphatic carbocycles. The second kappa shape index (κ2) is 7.72. The van der Waals surface area contributed by atoms with Crippen LogP contribution in [0.15, 0.2) is 66.7 Å². The molecule has 1 amide bonds. The quantitative estimate of drug-likeness (QED) is 0.667. The smallest absolute Gasteiger partial charge is 0.257 e. The van der Waals surface area contributed by atoms with Crippen molar-refractivity contribution in [1.29, 1.82) is 0 Å². The minimum absolute atomic E-state index is 0.120. The van der Waals surface area contributed by atoms with Crippen LogP contribution in [0.1, 0.15) is 36.8 Å². The van der Waals surface area contributed by atoms with Crippen LogP contribution in [0, 0.1) is 0 Å². The van der Waals surface area contributed by atoms with Gasteiger partial charge in [0.15, 0.2) is 5.11 Å². The van der Waals surface area contributed by atoms with Gasteiger partial charge in [0.05, 0.1) is 11.4 Å². The average molecular weight is 379 g/mol. The maximum Gasteiger partial charge on any atom is 0.257 e. The van der Waals surface area contributed by atoms with Gasteiger partial charge in [0, 0.05) is 17.0 Å². The molecule has 1 heterocycles. The highest BCUT2D eigenvalue weighted by Gasteiger charge is 2.21. The molecular formula is C21H22N4OS. The predicted molar refractivity (Wildman–Crippen MR) is 112 cm³/mol. The van der Waals surface area contributed by atoms with E-state index >= 15 is 0 Å². The number of nitrogens with zero attached hydrogens (tertiary/aromatic N) is 2. The Hall–Kier alpha value is -2.99. The van der Waals surface area contributed by atoms with Crippen molar-refractivity contribution in [3.05, 3.63) is 78.0 Å². The second-order valence-corrected chi connectivity index (χ2v) is 7.59. The summed E-state index contributed by atoms with van der Waals surface area (Å²) < 4.78 is 1.79. The molecule has 2 N–H and O–H groups in total. The maximum atomic E-state index is 12.3. The van der Waals surface area contributed by atoms with Crippen LogP contribution < -0.4 is 10.6 Å². The molecule has 0 bridgehead atoms. The van der Waals surface area contributed by atoms with E-state index in [4.69, 9.17) is 17.3 Å².